The molecule has 0 radical (unpaired) electrons. The van der Waals surface area contributed by atoms with Crippen LogP contribution in [0.4, 0.5) is 0 Å². The van der Waals surface area contributed by atoms with Crippen LogP contribution in [-0.2, 0) is 4.79 Å². The fraction of sp³-hybridized carbons (Fsp3) is 0.188. The monoisotopic (exact) mass is 288 g/mol. The number of carbonyl (C=O) groups is 1. The van der Waals surface area contributed by atoms with Gasteiger partial charge < -0.3 is 19.7 Å². The Bertz CT molecular complexity index is 624. The molecule has 1 unspecified atom stereocenters. The molecule has 2 N–H and O–H groups in total. The molecule has 21 heavy (non-hydrogen) atoms. The number of ether oxygens (including phenoxy) is 2. The van der Waals surface area contributed by atoms with Gasteiger partial charge >= 0.3 is 5.97 Å². The van der Waals surface area contributed by atoms with Crippen LogP contribution in [0.1, 0.15) is 11.5 Å². The summed E-state index contributed by atoms with van der Waals surface area (Å²) in [6, 6.07) is 13.3. The fourth-order valence-electron chi connectivity index (χ4n) is 1.95. The summed E-state index contributed by atoms with van der Waals surface area (Å²) in [4.78, 5) is 11.4. The molecule has 0 heterocycles. The molecule has 2 rings (SSSR count). The van der Waals surface area contributed by atoms with Crippen LogP contribution in [0.25, 0.3) is 0 Å². The minimum atomic E-state index is -1.06. The lowest BCUT2D eigenvalue weighted by Gasteiger charge is -2.15. The van der Waals surface area contributed by atoms with Crippen LogP contribution in [0.3, 0.4) is 0 Å². The molecule has 2 aromatic rings. The van der Waals surface area contributed by atoms with Crippen LogP contribution in [0.2, 0.25) is 0 Å². The SMILES string of the molecule is COc1cccc(OCC(C(=O)O)c2ccccc2O)c1. The predicted molar refractivity (Wildman–Crippen MR) is 77.0 cm³/mol. The van der Waals surface area contributed by atoms with Crippen molar-refractivity contribution in [1.29, 1.82) is 0 Å². The number of carboxylic acid groups (broad SMARTS) is 1. The molecule has 0 aliphatic heterocycles. The molecular weight excluding hydrogens is 272 g/mol. The van der Waals surface area contributed by atoms with E-state index in [9.17, 15) is 15.0 Å². The number of hydrogen-bond acceptors (Lipinski definition) is 4. The van der Waals surface area contributed by atoms with Crippen molar-refractivity contribution < 1.29 is 24.5 Å². The highest BCUT2D eigenvalue weighted by Gasteiger charge is 2.23. The number of benzene rings is 2. The van der Waals surface area contributed by atoms with Crippen molar-refractivity contribution in [2.24, 2.45) is 0 Å². The molecule has 0 saturated carbocycles. The zero-order valence-electron chi connectivity index (χ0n) is 11.5. The number of carboxylic acids is 1. The molecule has 5 heteroatoms. The van der Waals surface area contributed by atoms with E-state index in [0.29, 0.717) is 17.1 Å². The second-order valence-corrected chi connectivity index (χ2v) is 4.44. The van der Waals surface area contributed by atoms with Gasteiger partial charge in [-0.05, 0) is 18.2 Å². The van der Waals surface area contributed by atoms with Gasteiger partial charge in [0, 0.05) is 11.6 Å². The summed E-state index contributed by atoms with van der Waals surface area (Å²) >= 11 is 0. The minimum Gasteiger partial charge on any atom is -0.508 e. The highest BCUT2D eigenvalue weighted by atomic mass is 16.5. The van der Waals surface area contributed by atoms with E-state index >= 15 is 0 Å². The van der Waals surface area contributed by atoms with Gasteiger partial charge in [-0.3, -0.25) is 4.79 Å². The van der Waals surface area contributed by atoms with E-state index in [2.05, 4.69) is 0 Å². The Labute approximate surface area is 122 Å². The van der Waals surface area contributed by atoms with E-state index in [0.717, 1.165) is 0 Å². The Morgan fingerprint density at radius 3 is 2.52 bits per heavy atom. The molecule has 2 aromatic carbocycles. The number of phenolic OH excluding ortho intramolecular Hbond substituents is 1. The number of aliphatic carboxylic acids is 1. The first kappa shape index (κ1) is 14.7. The maximum Gasteiger partial charge on any atom is 0.314 e. The highest BCUT2D eigenvalue weighted by Crippen LogP contribution is 2.27. The molecule has 5 nitrogen and oxygen atoms in total. The molecular formula is C16H16O5. The molecule has 1 atom stereocenters. The molecule has 0 bridgehead atoms. The fourth-order valence-corrected chi connectivity index (χ4v) is 1.95. The summed E-state index contributed by atoms with van der Waals surface area (Å²) in [6.45, 7) is -0.0833. The number of methoxy groups -OCH3 is 1. The number of phenols is 1. The quantitative estimate of drug-likeness (QED) is 0.854. The molecule has 0 saturated heterocycles. The van der Waals surface area contributed by atoms with Crippen LogP contribution in [-0.4, -0.2) is 29.9 Å². The Balaban J connectivity index is 2.14. The standard InChI is InChI=1S/C16H16O5/c1-20-11-5-4-6-12(9-11)21-10-14(16(18)19)13-7-2-3-8-15(13)17/h2-9,14,17H,10H2,1H3,(H,18,19). The Hall–Kier alpha value is -2.69. The van der Waals surface area contributed by atoms with Crippen molar-refractivity contribution in [3.8, 4) is 17.2 Å². The number of para-hydroxylation sites is 1. The van der Waals surface area contributed by atoms with Crippen LogP contribution in [0.5, 0.6) is 17.2 Å². The van der Waals surface area contributed by atoms with Crippen LogP contribution in [0, 0.1) is 0 Å². The average molecular weight is 288 g/mol. The van der Waals surface area contributed by atoms with E-state index in [-0.39, 0.29) is 12.4 Å². The third-order valence-corrected chi connectivity index (χ3v) is 3.07. The van der Waals surface area contributed by atoms with E-state index < -0.39 is 11.9 Å². The highest BCUT2D eigenvalue weighted by molar-refractivity contribution is 5.77. The van der Waals surface area contributed by atoms with E-state index in [1.807, 2.05) is 0 Å². The summed E-state index contributed by atoms with van der Waals surface area (Å²) in [5, 5.41) is 19.1. The summed E-state index contributed by atoms with van der Waals surface area (Å²) in [6.07, 6.45) is 0. The lowest BCUT2D eigenvalue weighted by atomic mass is 9.99. The molecule has 0 spiro atoms. The van der Waals surface area contributed by atoms with Crippen molar-refractivity contribution in [1.82, 2.24) is 0 Å². The second kappa shape index (κ2) is 6.65. The lowest BCUT2D eigenvalue weighted by molar-refractivity contribution is -0.139. The first-order valence-corrected chi connectivity index (χ1v) is 6.39. The molecule has 110 valence electrons. The number of aromatic hydroxyl groups is 1. The van der Waals surface area contributed by atoms with Gasteiger partial charge in [-0.1, -0.05) is 24.3 Å². The average Bonchev–Trinajstić information content (AvgIpc) is 2.49. The zero-order valence-corrected chi connectivity index (χ0v) is 11.5. The Kier molecular flexibility index (Phi) is 4.66. The van der Waals surface area contributed by atoms with Gasteiger partial charge in [0.2, 0.25) is 0 Å². The van der Waals surface area contributed by atoms with Gasteiger partial charge in [0.15, 0.2) is 0 Å². The maximum absolute atomic E-state index is 11.4. The van der Waals surface area contributed by atoms with Crippen molar-refractivity contribution in [3.05, 3.63) is 54.1 Å². The van der Waals surface area contributed by atoms with Crippen LogP contribution in [0.15, 0.2) is 48.5 Å². The number of hydrogen-bond donors (Lipinski definition) is 2. The normalized spacial score (nSPS) is 11.7. The summed E-state index contributed by atoms with van der Waals surface area (Å²) in [5.74, 6) is -0.922. The van der Waals surface area contributed by atoms with E-state index in [1.165, 1.54) is 6.07 Å². The third kappa shape index (κ3) is 3.66. The van der Waals surface area contributed by atoms with Crippen molar-refractivity contribution in [2.75, 3.05) is 13.7 Å². The van der Waals surface area contributed by atoms with Gasteiger partial charge in [0.05, 0.1) is 7.11 Å². The van der Waals surface area contributed by atoms with Crippen molar-refractivity contribution in [3.63, 3.8) is 0 Å². The molecule has 0 fully saturated rings. The predicted octanol–water partition coefficient (Wildman–Crippen LogP) is 2.65. The zero-order chi connectivity index (χ0) is 15.2. The van der Waals surface area contributed by atoms with Gasteiger partial charge in [-0.25, -0.2) is 0 Å². The van der Waals surface area contributed by atoms with Gasteiger partial charge in [0.1, 0.15) is 29.8 Å². The van der Waals surface area contributed by atoms with E-state index in [4.69, 9.17) is 9.47 Å². The maximum atomic E-state index is 11.4. The first-order chi connectivity index (χ1) is 10.1. The van der Waals surface area contributed by atoms with Gasteiger partial charge in [-0.15, -0.1) is 0 Å². The van der Waals surface area contributed by atoms with Crippen LogP contribution < -0.4 is 9.47 Å². The summed E-state index contributed by atoms with van der Waals surface area (Å²) in [5.41, 5.74) is 0.327. The smallest absolute Gasteiger partial charge is 0.314 e. The summed E-state index contributed by atoms with van der Waals surface area (Å²) < 4.78 is 10.6. The van der Waals surface area contributed by atoms with E-state index in [1.54, 1.807) is 49.6 Å². The second-order valence-electron chi connectivity index (χ2n) is 4.44. The first-order valence-electron chi connectivity index (χ1n) is 6.39. The van der Waals surface area contributed by atoms with Crippen molar-refractivity contribution >= 4 is 5.97 Å². The molecule has 0 aromatic heterocycles. The van der Waals surface area contributed by atoms with Crippen LogP contribution >= 0.6 is 0 Å². The van der Waals surface area contributed by atoms with Gasteiger partial charge in [0.25, 0.3) is 0 Å². The molecule has 0 aliphatic rings. The molecule has 0 aliphatic carbocycles. The topological polar surface area (TPSA) is 76.0 Å². The lowest BCUT2D eigenvalue weighted by Crippen LogP contribution is -2.19. The summed E-state index contributed by atoms with van der Waals surface area (Å²) in [7, 11) is 1.54. The Morgan fingerprint density at radius 1 is 1.14 bits per heavy atom. The van der Waals surface area contributed by atoms with Crippen molar-refractivity contribution in [2.45, 2.75) is 5.92 Å². The minimum absolute atomic E-state index is 0.0563. The largest absolute Gasteiger partial charge is 0.508 e. The van der Waals surface area contributed by atoms with Gasteiger partial charge in [-0.2, -0.15) is 0 Å². The third-order valence-electron chi connectivity index (χ3n) is 3.07. The number of rotatable bonds is 6. The Morgan fingerprint density at radius 2 is 1.86 bits per heavy atom. The molecule has 0 amide bonds.